The number of nitrogen functional groups attached to an aromatic ring is 1. The van der Waals surface area contributed by atoms with Crippen LogP contribution in [0.25, 0.3) is 11.2 Å². The minimum absolute atomic E-state index is 0. The van der Waals surface area contributed by atoms with Gasteiger partial charge in [0, 0.05) is 6.42 Å². The number of fused-ring (bicyclic) bond motifs is 1. The van der Waals surface area contributed by atoms with E-state index in [1.807, 2.05) is 0 Å². The number of aliphatic hydroxyl groups is 2. The number of nitrogens with zero attached hydrogens (tertiary/aromatic N) is 3. The lowest BCUT2D eigenvalue weighted by atomic mass is 10.2. The highest BCUT2D eigenvalue weighted by Crippen LogP contribution is 2.30. The molecule has 0 aliphatic carbocycles. The van der Waals surface area contributed by atoms with Crippen LogP contribution < -0.4 is 5.73 Å². The third-order valence-corrected chi connectivity index (χ3v) is 3.39. The Bertz CT molecular complexity index is 671. The van der Waals surface area contributed by atoms with Gasteiger partial charge in [-0.25, -0.2) is 9.97 Å². The van der Waals surface area contributed by atoms with Crippen LogP contribution in [-0.4, -0.2) is 54.0 Å². The lowest BCUT2D eigenvalue weighted by molar-refractivity contribution is -0.0486. The maximum atomic E-state index is 9.99. The van der Waals surface area contributed by atoms with E-state index in [1.165, 1.54) is 6.33 Å². The van der Waals surface area contributed by atoms with E-state index in [1.54, 1.807) is 4.57 Å². The van der Waals surface area contributed by atoms with E-state index < -0.39 is 12.3 Å². The van der Waals surface area contributed by atoms with Crippen LogP contribution in [-0.2, 0) is 4.74 Å². The lowest BCUT2D eigenvalue weighted by Gasteiger charge is -2.16. The van der Waals surface area contributed by atoms with Crippen molar-refractivity contribution in [3.8, 4) is 0 Å². The summed E-state index contributed by atoms with van der Waals surface area (Å²) >= 11 is 5.07. The minimum atomic E-state index is -0.731. The number of anilines is 1. The zero-order valence-electron chi connectivity index (χ0n) is 10.4. The Morgan fingerprint density at radius 3 is 3.00 bits per heavy atom. The molecule has 2 aromatic heterocycles. The van der Waals surface area contributed by atoms with E-state index in [4.69, 9.17) is 27.8 Å². The van der Waals surface area contributed by atoms with Gasteiger partial charge in [-0.3, -0.25) is 4.57 Å². The van der Waals surface area contributed by atoms with Crippen LogP contribution in [0, 0.1) is 4.64 Å². The molecule has 3 rings (SSSR count). The SMILES string of the molecule is Nc1nc(=S)c2ncn([C@@H]3O[C@H](CO)C[C@H]3O)c2[nH]1.O. The summed E-state index contributed by atoms with van der Waals surface area (Å²) in [7, 11) is 0. The Morgan fingerprint density at radius 1 is 1.60 bits per heavy atom. The Morgan fingerprint density at radius 2 is 2.35 bits per heavy atom. The molecular weight excluding hydrogens is 286 g/mol. The average molecular weight is 301 g/mol. The number of rotatable bonds is 2. The molecule has 1 aliphatic heterocycles. The summed E-state index contributed by atoms with van der Waals surface area (Å²) in [5.41, 5.74) is 6.66. The average Bonchev–Trinajstić information content (AvgIpc) is 2.92. The third kappa shape index (κ3) is 2.27. The first-order chi connectivity index (χ1) is 9.10. The molecule has 7 N–H and O–H groups in total. The number of H-pyrrole nitrogens is 1. The summed E-state index contributed by atoms with van der Waals surface area (Å²) in [5, 5.41) is 19.1. The van der Waals surface area contributed by atoms with Gasteiger partial charge in [-0.05, 0) is 0 Å². The first-order valence-corrected chi connectivity index (χ1v) is 6.17. The van der Waals surface area contributed by atoms with Gasteiger partial charge in [0.15, 0.2) is 16.8 Å². The number of aromatic amines is 1. The van der Waals surface area contributed by atoms with Gasteiger partial charge in [0.2, 0.25) is 0 Å². The molecule has 0 spiro atoms. The minimum Gasteiger partial charge on any atom is -0.412 e. The fourth-order valence-electron chi connectivity index (χ4n) is 2.24. The predicted octanol–water partition coefficient (Wildman–Crippen LogP) is -1.11. The number of imidazole rings is 1. The number of ether oxygens (including phenoxy) is 1. The van der Waals surface area contributed by atoms with Gasteiger partial charge in [-0.1, -0.05) is 12.2 Å². The Balaban J connectivity index is 0.00000147. The Labute approximate surface area is 118 Å². The van der Waals surface area contributed by atoms with Crippen LogP contribution in [0.1, 0.15) is 12.6 Å². The van der Waals surface area contributed by atoms with Gasteiger partial charge in [0.25, 0.3) is 0 Å². The quantitative estimate of drug-likeness (QED) is 0.512. The number of nitrogens with two attached hydrogens (primary N) is 1. The molecule has 20 heavy (non-hydrogen) atoms. The monoisotopic (exact) mass is 301 g/mol. The Kier molecular flexibility index (Phi) is 4.01. The molecule has 3 atom stereocenters. The van der Waals surface area contributed by atoms with E-state index in [9.17, 15) is 5.11 Å². The van der Waals surface area contributed by atoms with E-state index in [2.05, 4.69) is 15.0 Å². The largest absolute Gasteiger partial charge is 0.412 e. The van der Waals surface area contributed by atoms with Gasteiger partial charge in [0.1, 0.15) is 17.3 Å². The van der Waals surface area contributed by atoms with Crippen molar-refractivity contribution in [3.05, 3.63) is 11.0 Å². The van der Waals surface area contributed by atoms with Crippen LogP contribution in [0.4, 0.5) is 5.95 Å². The number of hydrogen-bond acceptors (Lipinski definition) is 7. The second-order valence-electron chi connectivity index (χ2n) is 4.41. The third-order valence-electron chi connectivity index (χ3n) is 3.11. The van der Waals surface area contributed by atoms with E-state index in [0.29, 0.717) is 17.6 Å². The van der Waals surface area contributed by atoms with Gasteiger partial charge in [-0.15, -0.1) is 0 Å². The highest BCUT2D eigenvalue weighted by atomic mass is 32.1. The van der Waals surface area contributed by atoms with Crippen LogP contribution in [0.2, 0.25) is 0 Å². The van der Waals surface area contributed by atoms with Crippen molar-refractivity contribution in [1.29, 1.82) is 0 Å². The maximum absolute atomic E-state index is 9.99. The fourth-order valence-corrected chi connectivity index (χ4v) is 2.49. The summed E-state index contributed by atoms with van der Waals surface area (Å²) < 4.78 is 7.47. The summed E-state index contributed by atoms with van der Waals surface area (Å²) in [4.78, 5) is 10.9. The number of hydrogen-bond donors (Lipinski definition) is 4. The molecule has 9 nitrogen and oxygen atoms in total. The molecule has 1 aliphatic rings. The molecule has 2 aromatic rings. The molecule has 110 valence electrons. The van der Waals surface area contributed by atoms with E-state index in [-0.39, 0.29) is 28.8 Å². The number of aliphatic hydroxyl groups excluding tert-OH is 2. The van der Waals surface area contributed by atoms with Crippen molar-refractivity contribution in [2.24, 2.45) is 0 Å². The lowest BCUT2D eigenvalue weighted by Crippen LogP contribution is -2.19. The van der Waals surface area contributed by atoms with E-state index >= 15 is 0 Å². The molecule has 0 unspecified atom stereocenters. The number of aromatic nitrogens is 4. The molecule has 3 heterocycles. The summed E-state index contributed by atoms with van der Waals surface area (Å²) in [5.74, 6) is 0.172. The van der Waals surface area contributed by atoms with Crippen LogP contribution >= 0.6 is 12.2 Å². The Hall–Kier alpha value is -1.59. The van der Waals surface area contributed by atoms with Crippen molar-refractivity contribution < 1.29 is 20.4 Å². The van der Waals surface area contributed by atoms with Crippen molar-refractivity contribution in [2.75, 3.05) is 12.3 Å². The molecule has 1 fully saturated rings. The topological polar surface area (TPSA) is 154 Å². The van der Waals surface area contributed by atoms with Gasteiger partial charge in [0.05, 0.1) is 19.0 Å². The van der Waals surface area contributed by atoms with Crippen molar-refractivity contribution in [1.82, 2.24) is 19.5 Å². The summed E-state index contributed by atoms with van der Waals surface area (Å²) in [6, 6.07) is 0. The molecular formula is C10H15N5O4S. The normalized spacial score (nSPS) is 25.8. The summed E-state index contributed by atoms with van der Waals surface area (Å²) in [6.45, 7) is -0.139. The molecule has 0 amide bonds. The van der Waals surface area contributed by atoms with Crippen LogP contribution in [0.3, 0.4) is 0 Å². The standard InChI is InChI=1S/C10H13N5O3S.H2O/c11-10-13-7-6(8(19)14-10)12-3-15(7)9-5(17)1-4(2-16)18-9;/h3-5,9,16-17H,1-2H2,(H3,11,13,14,19);1H2/t4-,5+,9+;/m0./s1. The first-order valence-electron chi connectivity index (χ1n) is 5.77. The molecule has 0 saturated carbocycles. The highest BCUT2D eigenvalue weighted by Gasteiger charge is 2.35. The molecule has 0 aromatic carbocycles. The van der Waals surface area contributed by atoms with Crippen molar-refractivity contribution in [2.45, 2.75) is 24.9 Å². The number of nitrogens with one attached hydrogen (secondary N) is 1. The molecule has 0 radical (unpaired) electrons. The van der Waals surface area contributed by atoms with Gasteiger partial charge < -0.3 is 31.1 Å². The van der Waals surface area contributed by atoms with Crippen LogP contribution in [0.15, 0.2) is 6.33 Å². The second-order valence-corrected chi connectivity index (χ2v) is 4.80. The maximum Gasteiger partial charge on any atom is 0.200 e. The second kappa shape index (κ2) is 5.42. The molecule has 0 bridgehead atoms. The molecule has 10 heteroatoms. The van der Waals surface area contributed by atoms with Crippen molar-refractivity contribution >= 4 is 29.3 Å². The smallest absolute Gasteiger partial charge is 0.200 e. The van der Waals surface area contributed by atoms with Crippen molar-refractivity contribution in [3.63, 3.8) is 0 Å². The van der Waals surface area contributed by atoms with Gasteiger partial charge in [-0.2, -0.15) is 0 Å². The van der Waals surface area contributed by atoms with Crippen LogP contribution in [0.5, 0.6) is 0 Å². The zero-order chi connectivity index (χ0) is 13.6. The zero-order valence-corrected chi connectivity index (χ0v) is 11.2. The molecule has 1 saturated heterocycles. The highest BCUT2D eigenvalue weighted by molar-refractivity contribution is 7.71. The predicted molar refractivity (Wildman–Crippen MR) is 72.4 cm³/mol. The fraction of sp³-hybridized carbons (Fsp3) is 0.500. The van der Waals surface area contributed by atoms with Gasteiger partial charge >= 0.3 is 0 Å². The van der Waals surface area contributed by atoms with E-state index in [0.717, 1.165) is 0 Å². The first kappa shape index (κ1) is 14.8. The summed E-state index contributed by atoms with van der Waals surface area (Å²) in [6.07, 6.45) is 0.119.